The molecule has 108 valence electrons. The van der Waals surface area contributed by atoms with E-state index in [1.807, 2.05) is 19.2 Å². The minimum atomic E-state index is -0.386. The zero-order chi connectivity index (χ0) is 15.0. The number of fused-ring (bicyclic) bond motifs is 1. The van der Waals surface area contributed by atoms with Crippen LogP contribution in [0.1, 0.15) is 16.5 Å². The predicted octanol–water partition coefficient (Wildman–Crippen LogP) is 5.77. The molecule has 0 radical (unpaired) electrons. The summed E-state index contributed by atoms with van der Waals surface area (Å²) in [5, 5.41) is 4.47. The van der Waals surface area contributed by atoms with Gasteiger partial charge in [-0.25, -0.2) is 4.39 Å². The van der Waals surface area contributed by atoms with Crippen LogP contribution in [0.2, 0.25) is 5.02 Å². The normalized spacial score (nSPS) is 12.8. The van der Waals surface area contributed by atoms with Crippen molar-refractivity contribution >= 4 is 49.0 Å². The van der Waals surface area contributed by atoms with Gasteiger partial charge in [0.2, 0.25) is 0 Å². The van der Waals surface area contributed by atoms with Crippen LogP contribution in [0, 0.1) is 5.82 Å². The lowest BCUT2D eigenvalue weighted by Crippen LogP contribution is -2.18. The minimum absolute atomic E-state index is 0.119. The Balaban J connectivity index is 2.12. The van der Waals surface area contributed by atoms with Gasteiger partial charge in [0.05, 0.1) is 11.1 Å². The fourth-order valence-corrected chi connectivity index (χ4v) is 4.03. The molecule has 5 heteroatoms. The molecule has 0 spiro atoms. The predicted molar refractivity (Wildman–Crippen MR) is 91.8 cm³/mol. The zero-order valence-corrected chi connectivity index (χ0v) is 14.3. The van der Waals surface area contributed by atoms with E-state index in [-0.39, 0.29) is 16.9 Å². The average Bonchev–Trinajstić information content (AvgIpc) is 2.91. The lowest BCUT2D eigenvalue weighted by atomic mass is 10.0. The van der Waals surface area contributed by atoms with Crippen LogP contribution in [0.25, 0.3) is 10.1 Å². The molecule has 0 amide bonds. The summed E-state index contributed by atoms with van der Waals surface area (Å²) in [6.07, 6.45) is 0. The summed E-state index contributed by atoms with van der Waals surface area (Å²) in [4.78, 5) is 1.07. The van der Waals surface area contributed by atoms with Crippen molar-refractivity contribution in [2.24, 2.45) is 0 Å². The maximum absolute atomic E-state index is 14.4. The van der Waals surface area contributed by atoms with Crippen LogP contribution in [0.5, 0.6) is 0 Å². The molecule has 3 rings (SSSR count). The molecule has 0 fully saturated rings. The van der Waals surface area contributed by atoms with E-state index in [1.54, 1.807) is 23.5 Å². The molecule has 1 unspecified atom stereocenters. The highest BCUT2D eigenvalue weighted by Gasteiger charge is 2.21. The molecule has 21 heavy (non-hydrogen) atoms. The van der Waals surface area contributed by atoms with Crippen molar-refractivity contribution in [3.8, 4) is 0 Å². The SMILES string of the molecule is CNC(c1cc2ccccc2s1)c1ccc(Br)c(Cl)c1F. The number of benzene rings is 2. The van der Waals surface area contributed by atoms with Gasteiger partial charge in [0.15, 0.2) is 0 Å². The van der Waals surface area contributed by atoms with Crippen molar-refractivity contribution in [3.05, 3.63) is 68.2 Å². The number of thiophene rings is 1. The van der Waals surface area contributed by atoms with Crippen LogP contribution in [-0.4, -0.2) is 7.05 Å². The van der Waals surface area contributed by atoms with Crippen molar-refractivity contribution in [3.63, 3.8) is 0 Å². The average molecular weight is 385 g/mol. The topological polar surface area (TPSA) is 12.0 Å². The summed E-state index contributed by atoms with van der Waals surface area (Å²) in [7, 11) is 1.82. The monoisotopic (exact) mass is 383 g/mol. The Hall–Kier alpha value is -0.940. The second kappa shape index (κ2) is 6.05. The van der Waals surface area contributed by atoms with E-state index < -0.39 is 0 Å². The lowest BCUT2D eigenvalue weighted by Gasteiger charge is -2.17. The summed E-state index contributed by atoms with van der Waals surface area (Å²) in [6.45, 7) is 0. The van der Waals surface area contributed by atoms with Crippen molar-refractivity contribution in [2.45, 2.75) is 6.04 Å². The first-order valence-corrected chi connectivity index (χ1v) is 8.39. The second-order valence-corrected chi connectivity index (χ2v) is 7.02. The molecule has 1 heterocycles. The molecule has 0 aliphatic heterocycles. The van der Waals surface area contributed by atoms with Crippen molar-refractivity contribution in [1.29, 1.82) is 0 Å². The molecule has 1 aromatic heterocycles. The Kier molecular flexibility index (Phi) is 4.31. The van der Waals surface area contributed by atoms with Gasteiger partial charge >= 0.3 is 0 Å². The first kappa shape index (κ1) is 15.0. The molecule has 0 saturated carbocycles. The molecule has 1 nitrogen and oxygen atoms in total. The van der Waals surface area contributed by atoms with Gasteiger partial charge in [0.1, 0.15) is 5.82 Å². The van der Waals surface area contributed by atoms with Crippen molar-refractivity contribution in [2.75, 3.05) is 7.05 Å². The smallest absolute Gasteiger partial charge is 0.148 e. The summed E-state index contributed by atoms with van der Waals surface area (Å²) < 4.78 is 16.2. The summed E-state index contributed by atoms with van der Waals surface area (Å²) >= 11 is 10.9. The first-order valence-electron chi connectivity index (χ1n) is 6.41. The molecule has 0 saturated heterocycles. The number of rotatable bonds is 3. The van der Waals surface area contributed by atoms with Crippen LogP contribution >= 0.6 is 38.9 Å². The van der Waals surface area contributed by atoms with E-state index >= 15 is 0 Å². The lowest BCUT2D eigenvalue weighted by molar-refractivity contribution is 0.579. The van der Waals surface area contributed by atoms with Gasteiger partial charge in [-0.3, -0.25) is 0 Å². The number of halogens is 3. The number of hydrogen-bond acceptors (Lipinski definition) is 2. The van der Waals surface area contributed by atoms with Crippen LogP contribution in [-0.2, 0) is 0 Å². The highest BCUT2D eigenvalue weighted by Crippen LogP contribution is 2.37. The van der Waals surface area contributed by atoms with Gasteiger partial charge in [-0.2, -0.15) is 0 Å². The molecular formula is C16H12BrClFNS. The standard InChI is InChI=1S/C16H12BrClFNS/c1-20-16(10-6-7-11(17)14(18)15(10)19)13-8-9-4-2-3-5-12(9)21-13/h2-8,16,20H,1H3. The van der Waals surface area contributed by atoms with E-state index in [0.29, 0.717) is 10.0 Å². The molecule has 1 N–H and O–H groups in total. The Bertz CT molecular complexity index is 769. The van der Waals surface area contributed by atoms with E-state index in [1.165, 1.54) is 10.1 Å². The number of hydrogen-bond donors (Lipinski definition) is 1. The van der Waals surface area contributed by atoms with Crippen LogP contribution in [0.15, 0.2) is 46.9 Å². The van der Waals surface area contributed by atoms with Gasteiger partial charge in [-0.15, -0.1) is 11.3 Å². The van der Waals surface area contributed by atoms with Gasteiger partial charge < -0.3 is 5.32 Å². The van der Waals surface area contributed by atoms with Crippen LogP contribution < -0.4 is 5.32 Å². The Morgan fingerprint density at radius 1 is 1.24 bits per heavy atom. The third kappa shape index (κ3) is 2.73. The third-order valence-electron chi connectivity index (χ3n) is 3.39. The molecule has 2 aromatic carbocycles. The molecule has 0 bridgehead atoms. The highest BCUT2D eigenvalue weighted by molar-refractivity contribution is 9.10. The quantitative estimate of drug-likeness (QED) is 0.566. The van der Waals surface area contributed by atoms with E-state index in [0.717, 1.165) is 4.88 Å². The number of nitrogens with one attached hydrogen (secondary N) is 1. The molecule has 0 aliphatic rings. The van der Waals surface area contributed by atoms with Crippen molar-refractivity contribution in [1.82, 2.24) is 5.32 Å². The van der Waals surface area contributed by atoms with E-state index in [9.17, 15) is 4.39 Å². The van der Waals surface area contributed by atoms with Crippen LogP contribution in [0.3, 0.4) is 0 Å². The van der Waals surface area contributed by atoms with E-state index in [2.05, 4.69) is 39.4 Å². The minimum Gasteiger partial charge on any atom is -0.309 e. The molecule has 1 atom stereocenters. The van der Waals surface area contributed by atoms with Gasteiger partial charge in [0.25, 0.3) is 0 Å². The maximum Gasteiger partial charge on any atom is 0.148 e. The van der Waals surface area contributed by atoms with E-state index in [4.69, 9.17) is 11.6 Å². The fraction of sp³-hybridized carbons (Fsp3) is 0.125. The van der Waals surface area contributed by atoms with Crippen molar-refractivity contribution < 1.29 is 4.39 Å². The Morgan fingerprint density at radius 3 is 2.71 bits per heavy atom. The fourth-order valence-electron chi connectivity index (χ4n) is 2.36. The summed E-state index contributed by atoms with van der Waals surface area (Å²) in [5.41, 5.74) is 0.553. The Morgan fingerprint density at radius 2 is 2.00 bits per heavy atom. The third-order valence-corrected chi connectivity index (χ3v) is 5.83. The molecule has 0 aliphatic carbocycles. The second-order valence-electron chi connectivity index (χ2n) is 4.67. The highest BCUT2D eigenvalue weighted by atomic mass is 79.9. The summed E-state index contributed by atoms with van der Waals surface area (Å²) in [5.74, 6) is -0.386. The van der Waals surface area contributed by atoms with Gasteiger partial charge in [0, 0.05) is 19.6 Å². The molecule has 3 aromatic rings. The Labute approximate surface area is 139 Å². The largest absolute Gasteiger partial charge is 0.309 e. The van der Waals surface area contributed by atoms with Gasteiger partial charge in [-0.1, -0.05) is 35.9 Å². The first-order chi connectivity index (χ1) is 10.1. The zero-order valence-electron chi connectivity index (χ0n) is 11.2. The summed E-state index contributed by atoms with van der Waals surface area (Å²) in [6, 6.07) is 13.6. The molecular weight excluding hydrogens is 373 g/mol. The maximum atomic E-state index is 14.4. The van der Waals surface area contributed by atoms with Gasteiger partial charge in [-0.05, 0) is 46.6 Å². The van der Waals surface area contributed by atoms with Crippen LogP contribution in [0.4, 0.5) is 4.39 Å².